The Labute approximate surface area is 270 Å². The van der Waals surface area contributed by atoms with Crippen LogP contribution in [0.3, 0.4) is 0 Å². The van der Waals surface area contributed by atoms with Gasteiger partial charge in [-0.3, -0.25) is 14.5 Å². The number of hydrogen-bond donors (Lipinski definition) is 4. The van der Waals surface area contributed by atoms with Crippen molar-refractivity contribution < 1.29 is 43.2 Å². The zero-order valence-electron chi connectivity index (χ0n) is 25.9. The Bertz CT molecular complexity index is 2220. The molecule has 0 bridgehead atoms. The SMILES string of the molecule is CCn1cc(C(=O)O)c(=O)c2cc(F)c(N3CCN(CCOc4ccc5c(=O)c(O)c(-c6ccc(O)c(O)c6)oc5c4)C(C)C3)c(F)c21. The smallest absolute Gasteiger partial charge is 0.341 e. The van der Waals surface area contributed by atoms with Crippen LogP contribution in [0.2, 0.25) is 0 Å². The second-order valence-corrected chi connectivity index (χ2v) is 11.5. The topological polar surface area (TPSA) is 166 Å². The summed E-state index contributed by atoms with van der Waals surface area (Å²) >= 11 is 0. The highest BCUT2D eigenvalue weighted by Gasteiger charge is 2.30. The third kappa shape index (κ3) is 5.64. The Morgan fingerprint density at radius 3 is 2.46 bits per heavy atom. The molecule has 1 unspecified atom stereocenters. The largest absolute Gasteiger partial charge is 0.504 e. The molecular formula is C34H31F2N3O9. The van der Waals surface area contributed by atoms with Gasteiger partial charge in [0.2, 0.25) is 16.6 Å². The zero-order chi connectivity index (χ0) is 34.4. The minimum atomic E-state index is -1.47. The van der Waals surface area contributed by atoms with Crippen molar-refractivity contribution in [2.24, 2.45) is 0 Å². The summed E-state index contributed by atoms with van der Waals surface area (Å²) < 4.78 is 44.3. The molecule has 5 aromatic rings. The number of benzene rings is 3. The third-order valence-corrected chi connectivity index (χ3v) is 8.61. The molecule has 6 rings (SSSR count). The lowest BCUT2D eigenvalue weighted by molar-refractivity contribution is 0.0694. The van der Waals surface area contributed by atoms with E-state index in [1.54, 1.807) is 17.9 Å². The first-order chi connectivity index (χ1) is 22.9. The number of carbonyl (C=O) groups is 1. The molecule has 1 aliphatic rings. The number of hydrogen-bond acceptors (Lipinski definition) is 10. The number of aromatic nitrogens is 1. The molecule has 1 saturated heterocycles. The van der Waals surface area contributed by atoms with Crippen LogP contribution in [0.15, 0.2) is 62.7 Å². The molecule has 0 radical (unpaired) electrons. The van der Waals surface area contributed by atoms with Gasteiger partial charge in [0.05, 0.1) is 16.3 Å². The molecule has 2 aromatic heterocycles. The van der Waals surface area contributed by atoms with Gasteiger partial charge in [-0.05, 0) is 50.2 Å². The third-order valence-electron chi connectivity index (χ3n) is 8.61. The van der Waals surface area contributed by atoms with Crippen LogP contribution in [-0.4, -0.2) is 74.7 Å². The van der Waals surface area contributed by atoms with Gasteiger partial charge in [0.25, 0.3) is 0 Å². The number of ether oxygens (including phenoxy) is 1. The zero-order valence-corrected chi connectivity index (χ0v) is 25.9. The van der Waals surface area contributed by atoms with Crippen LogP contribution < -0.4 is 20.5 Å². The first-order valence-corrected chi connectivity index (χ1v) is 15.1. The summed E-state index contributed by atoms with van der Waals surface area (Å²) in [7, 11) is 0. The van der Waals surface area contributed by atoms with Crippen LogP contribution in [0.25, 0.3) is 33.2 Å². The van der Waals surface area contributed by atoms with Gasteiger partial charge in [0.15, 0.2) is 23.1 Å². The molecule has 1 aliphatic heterocycles. The summed E-state index contributed by atoms with van der Waals surface area (Å²) in [5, 5.41) is 39.1. The summed E-state index contributed by atoms with van der Waals surface area (Å²) in [5.41, 5.74) is -2.31. The van der Waals surface area contributed by atoms with E-state index in [2.05, 4.69) is 4.90 Å². The first kappa shape index (κ1) is 32.3. The van der Waals surface area contributed by atoms with Crippen LogP contribution in [0.1, 0.15) is 24.2 Å². The van der Waals surface area contributed by atoms with E-state index in [9.17, 15) is 34.8 Å². The van der Waals surface area contributed by atoms with Crippen LogP contribution in [0.4, 0.5) is 14.5 Å². The van der Waals surface area contributed by atoms with Crippen molar-refractivity contribution in [2.75, 3.05) is 37.7 Å². The minimum absolute atomic E-state index is 0.114. The van der Waals surface area contributed by atoms with Gasteiger partial charge in [-0.25, -0.2) is 13.6 Å². The van der Waals surface area contributed by atoms with E-state index < -0.39 is 45.5 Å². The minimum Gasteiger partial charge on any atom is -0.504 e. The second-order valence-electron chi connectivity index (χ2n) is 11.5. The van der Waals surface area contributed by atoms with Crippen molar-refractivity contribution in [2.45, 2.75) is 26.4 Å². The van der Waals surface area contributed by atoms with Crippen molar-refractivity contribution >= 4 is 33.5 Å². The number of phenols is 2. The maximum atomic E-state index is 15.9. The fourth-order valence-electron chi connectivity index (χ4n) is 6.09. The molecule has 14 heteroatoms. The number of aromatic carboxylic acids is 1. The highest BCUT2D eigenvalue weighted by atomic mass is 19.1. The van der Waals surface area contributed by atoms with Crippen LogP contribution in [-0.2, 0) is 6.54 Å². The lowest BCUT2D eigenvalue weighted by Crippen LogP contribution is -2.53. The lowest BCUT2D eigenvalue weighted by atomic mass is 10.1. The van der Waals surface area contributed by atoms with E-state index >= 15 is 8.78 Å². The standard InChI is InChI=1S/C34H31F2N3O9/c1-3-37-16-22(34(45)46)30(42)21-14-23(35)29(27(36)28(21)37)39-9-8-38(17(2)15-39)10-11-47-19-5-6-20-26(13-19)48-33(32(44)31(20)43)18-4-7-24(40)25(41)12-18/h4-7,12-14,16-17,40-41,44H,3,8-11,15H2,1-2H3,(H,45,46). The summed E-state index contributed by atoms with van der Waals surface area (Å²) in [6.07, 6.45) is 1.08. The predicted molar refractivity (Wildman–Crippen MR) is 172 cm³/mol. The fourth-order valence-corrected chi connectivity index (χ4v) is 6.09. The molecule has 4 N–H and O–H groups in total. The van der Waals surface area contributed by atoms with Gasteiger partial charge >= 0.3 is 5.97 Å². The Morgan fingerprint density at radius 2 is 1.77 bits per heavy atom. The predicted octanol–water partition coefficient (Wildman–Crippen LogP) is 4.48. The Morgan fingerprint density at radius 1 is 1.00 bits per heavy atom. The van der Waals surface area contributed by atoms with Crippen molar-refractivity contribution in [1.29, 1.82) is 0 Å². The molecule has 0 spiro atoms. The average Bonchev–Trinajstić information content (AvgIpc) is 3.05. The van der Waals surface area contributed by atoms with E-state index in [1.165, 1.54) is 28.8 Å². The van der Waals surface area contributed by atoms with Gasteiger partial charge in [0.1, 0.15) is 35.0 Å². The normalized spacial score (nSPS) is 15.3. The lowest BCUT2D eigenvalue weighted by Gasteiger charge is -2.41. The van der Waals surface area contributed by atoms with Gasteiger partial charge < -0.3 is 39.0 Å². The molecule has 0 saturated carbocycles. The van der Waals surface area contributed by atoms with Crippen molar-refractivity contribution in [3.05, 3.63) is 86.3 Å². The molecule has 1 atom stereocenters. The number of fused-ring (bicyclic) bond motifs is 2. The van der Waals surface area contributed by atoms with E-state index in [4.69, 9.17) is 9.15 Å². The summed E-state index contributed by atoms with van der Waals surface area (Å²) in [6, 6.07) is 9.02. The van der Waals surface area contributed by atoms with Gasteiger partial charge in [0, 0.05) is 56.6 Å². The Hall–Kier alpha value is -5.63. The molecule has 3 heterocycles. The van der Waals surface area contributed by atoms with Crippen LogP contribution in [0, 0.1) is 11.6 Å². The summed E-state index contributed by atoms with van der Waals surface area (Å²) in [5.74, 6) is -4.62. The maximum Gasteiger partial charge on any atom is 0.341 e. The number of anilines is 1. The molecule has 250 valence electrons. The van der Waals surface area contributed by atoms with Gasteiger partial charge in [-0.1, -0.05) is 0 Å². The number of rotatable bonds is 8. The Balaban J connectivity index is 1.16. The highest BCUT2D eigenvalue weighted by Crippen LogP contribution is 2.36. The number of piperazine rings is 1. The molecule has 0 aliphatic carbocycles. The molecular weight excluding hydrogens is 632 g/mol. The van der Waals surface area contributed by atoms with Crippen molar-refractivity contribution in [3.63, 3.8) is 0 Å². The number of nitrogens with zero attached hydrogens (tertiary/aromatic N) is 3. The first-order valence-electron chi connectivity index (χ1n) is 15.1. The van der Waals surface area contributed by atoms with Crippen molar-refractivity contribution in [3.8, 4) is 34.3 Å². The summed E-state index contributed by atoms with van der Waals surface area (Å²) in [4.78, 5) is 40.7. The Kier molecular flexibility index (Phi) is 8.43. The van der Waals surface area contributed by atoms with Crippen LogP contribution in [0.5, 0.6) is 23.0 Å². The monoisotopic (exact) mass is 663 g/mol. The van der Waals surface area contributed by atoms with E-state index in [1.807, 2.05) is 6.92 Å². The number of carboxylic acid groups (broad SMARTS) is 1. The number of carboxylic acids is 1. The highest BCUT2D eigenvalue weighted by molar-refractivity contribution is 5.94. The molecule has 12 nitrogen and oxygen atoms in total. The number of halogens is 2. The molecule has 1 fully saturated rings. The maximum absolute atomic E-state index is 15.9. The van der Waals surface area contributed by atoms with Crippen molar-refractivity contribution in [1.82, 2.24) is 9.47 Å². The average molecular weight is 664 g/mol. The number of pyridine rings is 1. The number of phenolic OH excluding ortho intramolecular Hbond substituents is 2. The van der Waals surface area contributed by atoms with E-state index in [-0.39, 0.29) is 76.9 Å². The van der Waals surface area contributed by atoms with E-state index in [0.29, 0.717) is 18.8 Å². The van der Waals surface area contributed by atoms with E-state index in [0.717, 1.165) is 18.3 Å². The number of aromatic hydroxyl groups is 3. The van der Waals surface area contributed by atoms with Crippen LogP contribution >= 0.6 is 0 Å². The quantitative estimate of drug-likeness (QED) is 0.173. The van der Waals surface area contributed by atoms with Gasteiger partial charge in [-0.2, -0.15) is 0 Å². The fraction of sp³-hybridized carbons (Fsp3) is 0.265. The molecule has 3 aromatic carbocycles. The summed E-state index contributed by atoms with van der Waals surface area (Å²) in [6.45, 7) is 5.40. The van der Waals surface area contributed by atoms with Gasteiger partial charge in [-0.15, -0.1) is 0 Å². The molecule has 48 heavy (non-hydrogen) atoms. The number of aryl methyl sites for hydroxylation is 1. The second kappa shape index (κ2) is 12.5. The molecule has 0 amide bonds.